The monoisotopic (exact) mass is 288 g/mol. The standard InChI is InChI=1S/C19H32N2/c1-14(2)18(15(3)4)13-21-12-16(5)20-11-19(21)17-9-7-6-8-10-17/h6-10,14-16,18-20H,11-13H2,1-5H3. The summed E-state index contributed by atoms with van der Waals surface area (Å²) in [6, 6.07) is 12.1. The quantitative estimate of drug-likeness (QED) is 0.882. The summed E-state index contributed by atoms with van der Waals surface area (Å²) < 4.78 is 0. The zero-order chi connectivity index (χ0) is 15.4. The molecule has 1 aliphatic rings. The van der Waals surface area contributed by atoms with Gasteiger partial charge in [-0.05, 0) is 30.2 Å². The predicted octanol–water partition coefficient (Wildman–Crippen LogP) is 3.95. The normalized spacial score (nSPS) is 24.2. The highest BCUT2D eigenvalue weighted by Gasteiger charge is 2.30. The molecule has 1 fully saturated rings. The Hall–Kier alpha value is -0.860. The van der Waals surface area contributed by atoms with Gasteiger partial charge in [0.1, 0.15) is 0 Å². The van der Waals surface area contributed by atoms with E-state index in [1.807, 2.05) is 0 Å². The van der Waals surface area contributed by atoms with Gasteiger partial charge in [-0.3, -0.25) is 4.90 Å². The lowest BCUT2D eigenvalue weighted by atomic mass is 9.84. The summed E-state index contributed by atoms with van der Waals surface area (Å²) in [5.74, 6) is 2.25. The van der Waals surface area contributed by atoms with Gasteiger partial charge >= 0.3 is 0 Å². The van der Waals surface area contributed by atoms with E-state index < -0.39 is 0 Å². The summed E-state index contributed by atoms with van der Waals surface area (Å²) in [5, 5.41) is 3.65. The third-order valence-corrected chi connectivity index (χ3v) is 4.95. The number of hydrogen-bond acceptors (Lipinski definition) is 2. The molecule has 21 heavy (non-hydrogen) atoms. The van der Waals surface area contributed by atoms with E-state index in [9.17, 15) is 0 Å². The number of nitrogens with one attached hydrogen (secondary N) is 1. The van der Waals surface area contributed by atoms with E-state index in [1.165, 1.54) is 12.1 Å². The minimum absolute atomic E-state index is 0.516. The van der Waals surface area contributed by atoms with Gasteiger partial charge in [0.2, 0.25) is 0 Å². The molecule has 118 valence electrons. The van der Waals surface area contributed by atoms with Gasteiger partial charge in [-0.15, -0.1) is 0 Å². The molecular formula is C19H32N2. The van der Waals surface area contributed by atoms with E-state index in [0.29, 0.717) is 12.1 Å². The first-order valence-electron chi connectivity index (χ1n) is 8.51. The molecule has 1 aliphatic heterocycles. The van der Waals surface area contributed by atoms with Crippen LogP contribution in [0.4, 0.5) is 0 Å². The maximum Gasteiger partial charge on any atom is 0.0473 e. The van der Waals surface area contributed by atoms with Crippen LogP contribution in [-0.2, 0) is 0 Å². The molecule has 1 aromatic rings. The maximum absolute atomic E-state index is 3.65. The lowest BCUT2D eigenvalue weighted by molar-refractivity contribution is 0.0867. The lowest BCUT2D eigenvalue weighted by Crippen LogP contribution is -2.52. The fourth-order valence-electron chi connectivity index (χ4n) is 3.65. The molecule has 2 nitrogen and oxygen atoms in total. The summed E-state index contributed by atoms with van der Waals surface area (Å²) in [4.78, 5) is 2.71. The average Bonchev–Trinajstić information content (AvgIpc) is 2.45. The molecule has 2 heteroatoms. The van der Waals surface area contributed by atoms with Crippen LogP contribution in [0.5, 0.6) is 0 Å². The summed E-state index contributed by atoms with van der Waals surface area (Å²) >= 11 is 0. The van der Waals surface area contributed by atoms with Gasteiger partial charge in [0.15, 0.2) is 0 Å². The molecule has 1 heterocycles. The van der Waals surface area contributed by atoms with Gasteiger partial charge in [0, 0.05) is 31.7 Å². The van der Waals surface area contributed by atoms with Gasteiger partial charge in [-0.2, -0.15) is 0 Å². The molecule has 1 N–H and O–H groups in total. The fraction of sp³-hybridized carbons (Fsp3) is 0.684. The van der Waals surface area contributed by atoms with Crippen molar-refractivity contribution in [3.63, 3.8) is 0 Å². The van der Waals surface area contributed by atoms with E-state index in [0.717, 1.165) is 30.8 Å². The highest BCUT2D eigenvalue weighted by atomic mass is 15.2. The molecule has 0 aliphatic carbocycles. The van der Waals surface area contributed by atoms with Crippen molar-refractivity contribution in [2.75, 3.05) is 19.6 Å². The van der Waals surface area contributed by atoms with Crippen LogP contribution in [0.1, 0.15) is 46.2 Å². The minimum atomic E-state index is 0.516. The number of hydrogen-bond donors (Lipinski definition) is 1. The molecular weight excluding hydrogens is 256 g/mol. The van der Waals surface area contributed by atoms with Crippen LogP contribution < -0.4 is 5.32 Å². The first-order chi connectivity index (χ1) is 9.99. The molecule has 0 bridgehead atoms. The summed E-state index contributed by atoms with van der Waals surface area (Å²) in [5.41, 5.74) is 1.45. The van der Waals surface area contributed by atoms with Crippen molar-refractivity contribution in [2.24, 2.45) is 17.8 Å². The molecule has 0 radical (unpaired) electrons. The molecule has 0 spiro atoms. The largest absolute Gasteiger partial charge is 0.311 e. The van der Waals surface area contributed by atoms with Crippen LogP contribution in [-0.4, -0.2) is 30.6 Å². The number of piperazine rings is 1. The zero-order valence-electron chi connectivity index (χ0n) is 14.3. The Labute approximate surface area is 130 Å². The van der Waals surface area contributed by atoms with Crippen molar-refractivity contribution in [1.29, 1.82) is 0 Å². The van der Waals surface area contributed by atoms with Crippen LogP contribution in [0.3, 0.4) is 0 Å². The van der Waals surface area contributed by atoms with E-state index >= 15 is 0 Å². The third-order valence-electron chi connectivity index (χ3n) is 4.95. The van der Waals surface area contributed by atoms with Crippen molar-refractivity contribution in [2.45, 2.75) is 46.7 Å². The first kappa shape index (κ1) is 16.5. The highest BCUT2D eigenvalue weighted by molar-refractivity contribution is 5.20. The van der Waals surface area contributed by atoms with Crippen LogP contribution in [0.15, 0.2) is 30.3 Å². The van der Waals surface area contributed by atoms with Gasteiger partial charge < -0.3 is 5.32 Å². The predicted molar refractivity (Wildman–Crippen MR) is 91.4 cm³/mol. The van der Waals surface area contributed by atoms with Gasteiger partial charge in [-0.25, -0.2) is 0 Å². The van der Waals surface area contributed by atoms with Crippen molar-refractivity contribution in [3.05, 3.63) is 35.9 Å². The van der Waals surface area contributed by atoms with E-state index in [4.69, 9.17) is 0 Å². The molecule has 2 unspecified atom stereocenters. The van der Waals surface area contributed by atoms with Crippen molar-refractivity contribution in [3.8, 4) is 0 Å². The Morgan fingerprint density at radius 1 is 1.10 bits per heavy atom. The zero-order valence-corrected chi connectivity index (χ0v) is 14.3. The molecule has 1 aromatic carbocycles. The van der Waals surface area contributed by atoms with Crippen molar-refractivity contribution >= 4 is 0 Å². The molecule has 0 amide bonds. The number of nitrogens with zero attached hydrogens (tertiary/aromatic N) is 1. The Kier molecular flexibility index (Phi) is 5.83. The van der Waals surface area contributed by atoms with Gasteiger partial charge in [-0.1, -0.05) is 58.0 Å². The first-order valence-corrected chi connectivity index (χ1v) is 8.51. The maximum atomic E-state index is 3.65. The molecule has 0 saturated carbocycles. The second-order valence-electron chi connectivity index (χ2n) is 7.34. The smallest absolute Gasteiger partial charge is 0.0473 e. The van der Waals surface area contributed by atoms with Gasteiger partial charge in [0.05, 0.1) is 0 Å². The summed E-state index contributed by atoms with van der Waals surface area (Å²) in [7, 11) is 0. The second-order valence-corrected chi connectivity index (χ2v) is 7.34. The Bertz CT molecular complexity index is 405. The SMILES string of the molecule is CC1CN(CC(C(C)C)C(C)C)C(c2ccccc2)CN1. The fourth-order valence-corrected chi connectivity index (χ4v) is 3.65. The van der Waals surface area contributed by atoms with E-state index in [2.05, 4.69) is 75.2 Å². The van der Waals surface area contributed by atoms with Crippen LogP contribution in [0, 0.1) is 17.8 Å². The number of rotatable bonds is 5. The molecule has 0 aromatic heterocycles. The minimum Gasteiger partial charge on any atom is -0.311 e. The molecule has 2 rings (SSSR count). The van der Waals surface area contributed by atoms with E-state index in [1.54, 1.807) is 0 Å². The molecule has 1 saturated heterocycles. The second kappa shape index (κ2) is 7.42. The molecule has 2 atom stereocenters. The third kappa shape index (κ3) is 4.31. The van der Waals surface area contributed by atoms with Crippen LogP contribution in [0.25, 0.3) is 0 Å². The number of benzene rings is 1. The summed E-state index contributed by atoms with van der Waals surface area (Å²) in [6.45, 7) is 15.2. The van der Waals surface area contributed by atoms with Crippen LogP contribution >= 0.6 is 0 Å². The Morgan fingerprint density at radius 2 is 1.71 bits per heavy atom. The van der Waals surface area contributed by atoms with Gasteiger partial charge in [0.25, 0.3) is 0 Å². The lowest BCUT2D eigenvalue weighted by Gasteiger charge is -2.42. The van der Waals surface area contributed by atoms with Crippen molar-refractivity contribution < 1.29 is 0 Å². The average molecular weight is 288 g/mol. The Morgan fingerprint density at radius 3 is 2.29 bits per heavy atom. The van der Waals surface area contributed by atoms with Crippen molar-refractivity contribution in [1.82, 2.24) is 10.2 Å². The van der Waals surface area contributed by atoms with Crippen LogP contribution in [0.2, 0.25) is 0 Å². The summed E-state index contributed by atoms with van der Waals surface area (Å²) in [6.07, 6.45) is 0. The topological polar surface area (TPSA) is 15.3 Å². The van der Waals surface area contributed by atoms with E-state index in [-0.39, 0.29) is 0 Å². The highest BCUT2D eigenvalue weighted by Crippen LogP contribution is 2.29. The Balaban J connectivity index is 2.15.